The van der Waals surface area contributed by atoms with Crippen LogP contribution in [0, 0.1) is 0 Å². The fraction of sp³-hybridized carbons (Fsp3) is 0.100. The van der Waals surface area contributed by atoms with Crippen LogP contribution in [-0.2, 0) is 0 Å². The van der Waals surface area contributed by atoms with Crippen molar-refractivity contribution in [3.63, 3.8) is 0 Å². The van der Waals surface area contributed by atoms with Crippen LogP contribution in [0.15, 0.2) is 60.4 Å². The summed E-state index contributed by atoms with van der Waals surface area (Å²) in [6, 6.07) is 10.8. The molecule has 0 saturated heterocycles. The van der Waals surface area contributed by atoms with Crippen molar-refractivity contribution < 1.29 is 14.3 Å². The molecule has 0 unspecified atom stereocenters. The number of ether oxygens (including phenoxy) is 2. The summed E-state index contributed by atoms with van der Waals surface area (Å²) in [6.07, 6.45) is 4.96. The van der Waals surface area contributed by atoms with Crippen LogP contribution in [0.25, 0.3) is 17.1 Å². The molecule has 0 atom stereocenters. The molecule has 3 heterocycles. The van der Waals surface area contributed by atoms with Gasteiger partial charge in [-0.2, -0.15) is 5.10 Å². The molecule has 29 heavy (non-hydrogen) atoms. The monoisotopic (exact) mass is 407 g/mol. The lowest BCUT2D eigenvalue weighted by Gasteiger charge is -2.08. The van der Waals surface area contributed by atoms with Crippen molar-refractivity contribution in [2.45, 2.75) is 0 Å². The molecule has 0 bridgehead atoms. The number of benzene rings is 1. The van der Waals surface area contributed by atoms with E-state index in [0.717, 1.165) is 11.3 Å². The Hall–Kier alpha value is -3.72. The number of hydrogen-bond acceptors (Lipinski definition) is 7. The highest BCUT2D eigenvalue weighted by Gasteiger charge is 2.12. The minimum Gasteiger partial charge on any atom is -0.493 e. The summed E-state index contributed by atoms with van der Waals surface area (Å²) in [5, 5.41) is 9.28. The lowest BCUT2D eigenvalue weighted by molar-refractivity contribution is 0.102. The molecule has 0 saturated carbocycles. The number of methoxy groups -OCH3 is 2. The first-order chi connectivity index (χ1) is 14.2. The zero-order valence-corrected chi connectivity index (χ0v) is 16.5. The van der Waals surface area contributed by atoms with E-state index in [1.807, 2.05) is 23.6 Å². The average Bonchev–Trinajstić information content (AvgIpc) is 3.46. The largest absolute Gasteiger partial charge is 0.493 e. The number of aromatic nitrogens is 4. The van der Waals surface area contributed by atoms with Crippen LogP contribution >= 0.6 is 11.3 Å². The van der Waals surface area contributed by atoms with Crippen molar-refractivity contribution >= 4 is 22.4 Å². The summed E-state index contributed by atoms with van der Waals surface area (Å²) in [4.78, 5) is 21.3. The van der Waals surface area contributed by atoms with Crippen molar-refractivity contribution in [1.82, 2.24) is 19.7 Å². The number of carbonyl (C=O) groups excluding carboxylic acids is 1. The molecule has 0 aliphatic heterocycles. The number of nitrogens with zero attached hydrogens (tertiary/aromatic N) is 4. The van der Waals surface area contributed by atoms with E-state index in [1.165, 1.54) is 17.5 Å². The molecule has 0 fully saturated rings. The van der Waals surface area contributed by atoms with Crippen LogP contribution in [0.3, 0.4) is 0 Å². The predicted molar refractivity (Wildman–Crippen MR) is 110 cm³/mol. The zero-order valence-electron chi connectivity index (χ0n) is 15.7. The molecule has 146 valence electrons. The Balaban J connectivity index is 1.48. The van der Waals surface area contributed by atoms with Gasteiger partial charge in [0.25, 0.3) is 5.91 Å². The molecule has 0 aliphatic rings. The van der Waals surface area contributed by atoms with Gasteiger partial charge in [0.2, 0.25) is 0 Å². The second-order valence-corrected chi connectivity index (χ2v) is 6.78. The van der Waals surface area contributed by atoms with Crippen molar-refractivity contribution in [2.24, 2.45) is 0 Å². The molecular formula is C20H17N5O3S. The van der Waals surface area contributed by atoms with Gasteiger partial charge in [0.05, 0.1) is 25.5 Å². The Morgan fingerprint density at radius 1 is 1.14 bits per heavy atom. The van der Waals surface area contributed by atoms with Gasteiger partial charge in [0, 0.05) is 29.5 Å². The third-order valence-corrected chi connectivity index (χ3v) is 4.91. The maximum absolute atomic E-state index is 12.5. The number of rotatable bonds is 6. The Morgan fingerprint density at radius 2 is 2.00 bits per heavy atom. The number of amides is 1. The maximum Gasteiger partial charge on any atom is 0.259 e. The lowest BCUT2D eigenvalue weighted by Crippen LogP contribution is -2.12. The number of carbonyl (C=O) groups is 1. The van der Waals surface area contributed by atoms with Gasteiger partial charge in [-0.3, -0.25) is 10.1 Å². The van der Waals surface area contributed by atoms with E-state index in [9.17, 15) is 4.79 Å². The van der Waals surface area contributed by atoms with Crippen molar-refractivity contribution in [3.05, 3.63) is 65.9 Å². The van der Waals surface area contributed by atoms with Crippen LogP contribution in [0.1, 0.15) is 10.4 Å². The van der Waals surface area contributed by atoms with E-state index in [1.54, 1.807) is 49.5 Å². The first-order valence-electron chi connectivity index (χ1n) is 8.63. The van der Waals surface area contributed by atoms with Gasteiger partial charge in [-0.05, 0) is 36.4 Å². The topological polar surface area (TPSA) is 91.2 Å². The van der Waals surface area contributed by atoms with E-state index >= 15 is 0 Å². The highest BCUT2D eigenvalue weighted by atomic mass is 32.1. The SMILES string of the molecule is COc1ccc(-c2csc(NC(=O)c3ccc(-n4cccn4)nc3)n2)cc1OC. The maximum atomic E-state index is 12.5. The molecule has 3 aromatic heterocycles. The van der Waals surface area contributed by atoms with Crippen LogP contribution in [0.5, 0.6) is 11.5 Å². The Kier molecular flexibility index (Phi) is 5.21. The van der Waals surface area contributed by atoms with Crippen molar-refractivity contribution in [1.29, 1.82) is 0 Å². The molecule has 4 aromatic rings. The summed E-state index contributed by atoms with van der Waals surface area (Å²) < 4.78 is 12.2. The van der Waals surface area contributed by atoms with E-state index in [0.29, 0.717) is 28.0 Å². The fourth-order valence-corrected chi connectivity index (χ4v) is 3.40. The smallest absolute Gasteiger partial charge is 0.259 e. The van der Waals surface area contributed by atoms with Crippen LogP contribution in [-0.4, -0.2) is 39.9 Å². The number of pyridine rings is 1. The Labute approximate surface area is 170 Å². The van der Waals surface area contributed by atoms with Gasteiger partial charge in [-0.1, -0.05) is 0 Å². The summed E-state index contributed by atoms with van der Waals surface area (Å²) in [5.41, 5.74) is 2.03. The molecule has 0 radical (unpaired) electrons. The Bertz CT molecular complexity index is 1120. The molecule has 1 N–H and O–H groups in total. The van der Waals surface area contributed by atoms with E-state index in [4.69, 9.17) is 9.47 Å². The van der Waals surface area contributed by atoms with E-state index in [2.05, 4.69) is 20.4 Å². The first kappa shape index (κ1) is 18.6. The number of nitrogens with one attached hydrogen (secondary N) is 1. The second-order valence-electron chi connectivity index (χ2n) is 5.92. The average molecular weight is 407 g/mol. The molecule has 9 heteroatoms. The Morgan fingerprint density at radius 3 is 2.69 bits per heavy atom. The zero-order chi connectivity index (χ0) is 20.2. The summed E-state index contributed by atoms with van der Waals surface area (Å²) in [6.45, 7) is 0. The van der Waals surface area contributed by atoms with Gasteiger partial charge in [-0.25, -0.2) is 14.6 Å². The quantitative estimate of drug-likeness (QED) is 0.525. The highest BCUT2D eigenvalue weighted by molar-refractivity contribution is 7.14. The van der Waals surface area contributed by atoms with E-state index < -0.39 is 0 Å². The van der Waals surface area contributed by atoms with Gasteiger partial charge in [0.15, 0.2) is 22.4 Å². The van der Waals surface area contributed by atoms with Crippen molar-refractivity contribution in [3.8, 4) is 28.6 Å². The van der Waals surface area contributed by atoms with E-state index in [-0.39, 0.29) is 5.91 Å². The standard InChI is InChI=1S/C20H17N5O3S/c1-27-16-6-4-13(10-17(16)28-2)15-12-29-20(23-15)24-19(26)14-5-7-18(21-11-14)25-9-3-8-22-25/h3-12H,1-2H3,(H,23,24,26). The van der Waals surface area contributed by atoms with Crippen molar-refractivity contribution in [2.75, 3.05) is 19.5 Å². The van der Waals surface area contributed by atoms with Crippen LogP contribution < -0.4 is 14.8 Å². The van der Waals surface area contributed by atoms with Gasteiger partial charge in [-0.15, -0.1) is 11.3 Å². The second kappa shape index (κ2) is 8.11. The lowest BCUT2D eigenvalue weighted by atomic mass is 10.1. The molecule has 1 aromatic carbocycles. The van der Waals surface area contributed by atoms with Gasteiger partial charge < -0.3 is 9.47 Å². The molecule has 0 aliphatic carbocycles. The number of thiazole rings is 1. The molecule has 8 nitrogen and oxygen atoms in total. The fourth-order valence-electron chi connectivity index (χ4n) is 2.69. The third kappa shape index (κ3) is 3.94. The normalized spacial score (nSPS) is 10.6. The third-order valence-electron chi connectivity index (χ3n) is 4.15. The number of hydrogen-bond donors (Lipinski definition) is 1. The van der Waals surface area contributed by atoms with Gasteiger partial charge >= 0.3 is 0 Å². The number of anilines is 1. The summed E-state index contributed by atoms with van der Waals surface area (Å²) >= 11 is 1.34. The minimum atomic E-state index is -0.280. The predicted octanol–water partition coefficient (Wildman–Crippen LogP) is 3.66. The van der Waals surface area contributed by atoms with Gasteiger partial charge in [0.1, 0.15) is 0 Å². The van der Waals surface area contributed by atoms with Crippen LogP contribution in [0.2, 0.25) is 0 Å². The van der Waals surface area contributed by atoms with Crippen LogP contribution in [0.4, 0.5) is 5.13 Å². The molecular weight excluding hydrogens is 390 g/mol. The first-order valence-corrected chi connectivity index (χ1v) is 9.51. The minimum absolute atomic E-state index is 0.280. The summed E-state index contributed by atoms with van der Waals surface area (Å²) in [5.74, 6) is 1.62. The molecule has 1 amide bonds. The summed E-state index contributed by atoms with van der Waals surface area (Å²) in [7, 11) is 3.17. The highest BCUT2D eigenvalue weighted by Crippen LogP contribution is 2.33. The molecule has 0 spiro atoms. The molecule has 4 rings (SSSR count).